The Morgan fingerprint density at radius 1 is 1.33 bits per heavy atom. The first kappa shape index (κ1) is 20.7. The number of carbonyl (C=O) groups is 1. The lowest BCUT2D eigenvalue weighted by Gasteiger charge is -2.25. The standard InChI is InChI=1S/C20H23ClN4O4S/c1-12-3-2-4-15(12)23-20(27)24-16-7-6-14(21)19(18(16)26)30(28,29)13-5-8-17-22-9-10-25(17)11-13/h3,6-7,9-10,13,15,26H,2,4-5,8,11H2,1H3,(H2,23,24,27). The normalized spacial score (nSPS) is 21.1. The maximum atomic E-state index is 13.3. The van der Waals surface area contributed by atoms with Gasteiger partial charge in [0, 0.05) is 25.4 Å². The summed E-state index contributed by atoms with van der Waals surface area (Å²) < 4.78 is 28.4. The van der Waals surface area contributed by atoms with E-state index in [0.717, 1.165) is 24.2 Å². The number of anilines is 1. The maximum Gasteiger partial charge on any atom is 0.319 e. The highest BCUT2D eigenvalue weighted by molar-refractivity contribution is 7.92. The summed E-state index contributed by atoms with van der Waals surface area (Å²) in [5.74, 6) is 0.285. The number of imidazole rings is 1. The molecule has 1 aliphatic carbocycles. The number of urea groups is 1. The fraction of sp³-hybridized carbons (Fsp3) is 0.400. The van der Waals surface area contributed by atoms with Crippen LogP contribution >= 0.6 is 11.6 Å². The van der Waals surface area contributed by atoms with Gasteiger partial charge in [0.25, 0.3) is 0 Å². The summed E-state index contributed by atoms with van der Waals surface area (Å²) in [4.78, 5) is 16.2. The molecule has 2 aliphatic rings. The quantitative estimate of drug-likeness (QED) is 0.488. The van der Waals surface area contributed by atoms with E-state index >= 15 is 0 Å². The van der Waals surface area contributed by atoms with E-state index in [0.29, 0.717) is 12.8 Å². The first-order chi connectivity index (χ1) is 14.3. The van der Waals surface area contributed by atoms with Crippen LogP contribution in [0.1, 0.15) is 32.0 Å². The molecule has 0 saturated heterocycles. The Bertz CT molecular complexity index is 1130. The molecule has 2 aromatic rings. The zero-order chi connectivity index (χ0) is 21.5. The van der Waals surface area contributed by atoms with Crippen molar-refractivity contribution in [2.45, 2.75) is 55.3 Å². The molecule has 1 aliphatic heterocycles. The minimum absolute atomic E-state index is 0.00534. The number of nitrogens with zero attached hydrogens (tertiary/aromatic N) is 2. The van der Waals surface area contributed by atoms with Crippen molar-refractivity contribution in [2.24, 2.45) is 0 Å². The van der Waals surface area contributed by atoms with Crippen LogP contribution in [0, 0.1) is 0 Å². The number of aromatic hydroxyl groups is 1. The van der Waals surface area contributed by atoms with Gasteiger partial charge in [0.15, 0.2) is 15.6 Å². The lowest BCUT2D eigenvalue weighted by atomic mass is 10.1. The van der Waals surface area contributed by atoms with E-state index in [4.69, 9.17) is 11.6 Å². The molecule has 10 heteroatoms. The van der Waals surface area contributed by atoms with Gasteiger partial charge < -0.3 is 20.3 Å². The Balaban J connectivity index is 1.58. The molecule has 2 heterocycles. The number of sulfone groups is 1. The fourth-order valence-corrected chi connectivity index (χ4v) is 6.34. The van der Waals surface area contributed by atoms with Gasteiger partial charge in [-0.05, 0) is 38.3 Å². The molecule has 30 heavy (non-hydrogen) atoms. The van der Waals surface area contributed by atoms with Gasteiger partial charge in [-0.2, -0.15) is 0 Å². The van der Waals surface area contributed by atoms with Crippen LogP contribution in [-0.2, 0) is 22.8 Å². The largest absolute Gasteiger partial charge is 0.504 e. The van der Waals surface area contributed by atoms with Crippen molar-refractivity contribution < 1.29 is 18.3 Å². The van der Waals surface area contributed by atoms with Crippen molar-refractivity contribution in [3.8, 4) is 5.75 Å². The molecular formula is C20H23ClN4O4S. The second kappa shape index (κ2) is 7.96. The molecule has 0 fully saturated rings. The van der Waals surface area contributed by atoms with E-state index in [1.165, 1.54) is 12.1 Å². The molecule has 3 N–H and O–H groups in total. The van der Waals surface area contributed by atoms with Gasteiger partial charge in [-0.3, -0.25) is 0 Å². The Morgan fingerprint density at radius 3 is 2.87 bits per heavy atom. The topological polar surface area (TPSA) is 113 Å². The average molecular weight is 451 g/mol. The van der Waals surface area contributed by atoms with E-state index in [-0.39, 0.29) is 28.2 Å². The number of hydrogen-bond acceptors (Lipinski definition) is 5. The third kappa shape index (κ3) is 3.79. The summed E-state index contributed by atoms with van der Waals surface area (Å²) in [6, 6.07) is 2.17. The van der Waals surface area contributed by atoms with Gasteiger partial charge in [-0.15, -0.1) is 0 Å². The number of hydrogen-bond donors (Lipinski definition) is 3. The van der Waals surface area contributed by atoms with Crippen molar-refractivity contribution in [1.82, 2.24) is 14.9 Å². The average Bonchev–Trinajstić information content (AvgIpc) is 3.32. The van der Waals surface area contributed by atoms with Crippen molar-refractivity contribution in [3.05, 3.63) is 47.0 Å². The predicted octanol–water partition coefficient (Wildman–Crippen LogP) is 3.26. The smallest absolute Gasteiger partial charge is 0.319 e. The van der Waals surface area contributed by atoms with Gasteiger partial charge >= 0.3 is 6.03 Å². The van der Waals surface area contributed by atoms with E-state index in [1.54, 1.807) is 17.0 Å². The number of phenolic OH excluding ortho intramolecular Hbond substituents is 1. The maximum absolute atomic E-state index is 13.3. The van der Waals surface area contributed by atoms with Crippen LogP contribution in [0.3, 0.4) is 0 Å². The molecule has 8 nitrogen and oxygen atoms in total. The van der Waals surface area contributed by atoms with Crippen LogP contribution in [0.25, 0.3) is 0 Å². The summed E-state index contributed by atoms with van der Waals surface area (Å²) >= 11 is 6.18. The van der Waals surface area contributed by atoms with Crippen LogP contribution < -0.4 is 10.6 Å². The Hall–Kier alpha value is -2.52. The van der Waals surface area contributed by atoms with Crippen LogP contribution in [0.2, 0.25) is 5.02 Å². The molecule has 1 aromatic heterocycles. The van der Waals surface area contributed by atoms with Crippen LogP contribution in [0.5, 0.6) is 5.75 Å². The van der Waals surface area contributed by atoms with Crippen molar-refractivity contribution in [3.63, 3.8) is 0 Å². The van der Waals surface area contributed by atoms with E-state index in [1.807, 2.05) is 6.92 Å². The molecule has 0 spiro atoms. The number of aryl methyl sites for hydroxylation is 1. The third-order valence-corrected chi connectivity index (χ3v) is 8.40. The van der Waals surface area contributed by atoms with Crippen LogP contribution in [-0.4, -0.2) is 40.4 Å². The number of aromatic nitrogens is 2. The lowest BCUT2D eigenvalue weighted by Crippen LogP contribution is -2.37. The molecule has 0 saturated carbocycles. The highest BCUT2D eigenvalue weighted by atomic mass is 35.5. The summed E-state index contributed by atoms with van der Waals surface area (Å²) in [6.45, 7) is 2.18. The van der Waals surface area contributed by atoms with Crippen molar-refractivity contribution in [2.75, 3.05) is 5.32 Å². The number of phenols is 1. The van der Waals surface area contributed by atoms with Gasteiger partial charge in [0.05, 0.1) is 22.0 Å². The molecule has 2 amide bonds. The second-order valence-electron chi connectivity index (χ2n) is 7.65. The van der Waals surface area contributed by atoms with E-state index < -0.39 is 26.9 Å². The highest BCUT2D eigenvalue weighted by Crippen LogP contribution is 2.40. The number of rotatable bonds is 4. The molecule has 0 radical (unpaired) electrons. The summed E-state index contributed by atoms with van der Waals surface area (Å²) in [5, 5.41) is 15.3. The van der Waals surface area contributed by atoms with Crippen LogP contribution in [0.4, 0.5) is 10.5 Å². The zero-order valence-electron chi connectivity index (χ0n) is 16.4. The number of allylic oxidation sites excluding steroid dienone is 1. The molecular weight excluding hydrogens is 428 g/mol. The second-order valence-corrected chi connectivity index (χ2v) is 10.2. The molecule has 4 rings (SSSR count). The molecule has 160 valence electrons. The SMILES string of the molecule is CC1=CCCC1NC(=O)Nc1ccc(Cl)c(S(=O)(=O)C2CCc3nccn3C2)c1O. The van der Waals surface area contributed by atoms with E-state index in [2.05, 4.69) is 21.7 Å². The number of nitrogens with one attached hydrogen (secondary N) is 2. The van der Waals surface area contributed by atoms with Gasteiger partial charge in [0.1, 0.15) is 10.7 Å². The zero-order valence-corrected chi connectivity index (χ0v) is 18.0. The van der Waals surface area contributed by atoms with Crippen molar-refractivity contribution in [1.29, 1.82) is 0 Å². The fourth-order valence-electron chi connectivity index (χ4n) is 4.02. The summed E-state index contributed by atoms with van der Waals surface area (Å²) in [5.41, 5.74) is 1.07. The molecule has 2 atom stereocenters. The Kier molecular flexibility index (Phi) is 5.50. The number of halogens is 1. The first-order valence-electron chi connectivity index (χ1n) is 9.77. The predicted molar refractivity (Wildman–Crippen MR) is 114 cm³/mol. The Labute approximate surface area is 179 Å². The monoisotopic (exact) mass is 450 g/mol. The number of carbonyl (C=O) groups excluding carboxylic acids is 1. The van der Waals surface area contributed by atoms with Gasteiger partial charge in [-0.1, -0.05) is 23.3 Å². The number of benzene rings is 1. The Morgan fingerprint density at radius 2 is 2.13 bits per heavy atom. The number of amides is 2. The first-order valence-corrected chi connectivity index (χ1v) is 11.7. The molecule has 0 bridgehead atoms. The summed E-state index contributed by atoms with van der Waals surface area (Å²) in [7, 11) is -3.94. The highest BCUT2D eigenvalue weighted by Gasteiger charge is 2.36. The molecule has 2 unspecified atom stereocenters. The van der Waals surface area contributed by atoms with Crippen LogP contribution in [0.15, 0.2) is 41.1 Å². The lowest BCUT2D eigenvalue weighted by molar-refractivity contribution is 0.249. The summed E-state index contributed by atoms with van der Waals surface area (Å²) in [6.07, 6.45) is 8.03. The number of fused-ring (bicyclic) bond motifs is 1. The molecule has 1 aromatic carbocycles. The minimum atomic E-state index is -3.94. The van der Waals surface area contributed by atoms with Crippen molar-refractivity contribution >= 4 is 33.2 Å². The third-order valence-electron chi connectivity index (χ3n) is 5.72. The van der Waals surface area contributed by atoms with Gasteiger partial charge in [0.2, 0.25) is 0 Å². The van der Waals surface area contributed by atoms with E-state index in [9.17, 15) is 18.3 Å². The van der Waals surface area contributed by atoms with Gasteiger partial charge in [-0.25, -0.2) is 18.2 Å². The minimum Gasteiger partial charge on any atom is -0.504 e.